The highest BCUT2D eigenvalue weighted by Gasteiger charge is 2.19. The second kappa shape index (κ2) is 45.5. The third-order valence-electron chi connectivity index (χ3n) is 11.5. The number of hydrogen-bond acceptors (Lipinski definition) is 6. The Hall–Kier alpha value is -1.59. The van der Waals surface area contributed by atoms with Crippen LogP contribution < -0.4 is 0 Å². The van der Waals surface area contributed by atoms with E-state index in [0.29, 0.717) is 19.3 Å². The van der Waals surface area contributed by atoms with E-state index < -0.39 is 6.10 Å². The summed E-state index contributed by atoms with van der Waals surface area (Å²) in [6.07, 6.45) is 46.8. The Morgan fingerprint density at radius 3 is 0.860 bits per heavy atom. The van der Waals surface area contributed by atoms with Gasteiger partial charge in [-0.3, -0.25) is 14.4 Å². The van der Waals surface area contributed by atoms with E-state index in [1.165, 1.54) is 180 Å². The topological polar surface area (TPSA) is 78.9 Å². The molecule has 6 heteroatoms. The zero-order chi connectivity index (χ0) is 41.7. The summed E-state index contributed by atoms with van der Waals surface area (Å²) in [4.78, 5) is 37.8. The zero-order valence-corrected chi connectivity index (χ0v) is 38.8. The van der Waals surface area contributed by atoms with Crippen molar-refractivity contribution >= 4 is 17.9 Å². The molecule has 0 saturated carbocycles. The molecule has 0 heterocycles. The SMILES string of the molecule is CCCCCCCCCCCCCCCCCCCCCC(=O)OC[C@@H](COC(=O)CCCCCCCCCCCCC)OC(=O)CCCCCCCCC(C)C. The lowest BCUT2D eigenvalue weighted by Gasteiger charge is -2.18. The largest absolute Gasteiger partial charge is 0.462 e. The Labute approximate surface area is 355 Å². The molecule has 0 aliphatic rings. The lowest BCUT2D eigenvalue weighted by Crippen LogP contribution is -2.30. The van der Waals surface area contributed by atoms with Gasteiger partial charge in [0.15, 0.2) is 6.10 Å². The van der Waals surface area contributed by atoms with Crippen molar-refractivity contribution in [3.05, 3.63) is 0 Å². The molecule has 0 aromatic carbocycles. The van der Waals surface area contributed by atoms with Crippen LogP contribution in [0.2, 0.25) is 0 Å². The van der Waals surface area contributed by atoms with E-state index >= 15 is 0 Å². The Morgan fingerprint density at radius 1 is 0.333 bits per heavy atom. The predicted octanol–water partition coefficient (Wildman–Crippen LogP) is 16.3. The van der Waals surface area contributed by atoms with Gasteiger partial charge in [0.25, 0.3) is 0 Å². The first kappa shape index (κ1) is 55.4. The maximum atomic E-state index is 12.7. The minimum absolute atomic E-state index is 0.0642. The van der Waals surface area contributed by atoms with Crippen LogP contribution in [0.25, 0.3) is 0 Å². The van der Waals surface area contributed by atoms with Gasteiger partial charge in [-0.2, -0.15) is 0 Å². The van der Waals surface area contributed by atoms with Crippen molar-refractivity contribution < 1.29 is 28.6 Å². The molecule has 0 aliphatic carbocycles. The van der Waals surface area contributed by atoms with Gasteiger partial charge in [-0.1, -0.05) is 246 Å². The van der Waals surface area contributed by atoms with Crippen molar-refractivity contribution in [1.29, 1.82) is 0 Å². The summed E-state index contributed by atoms with van der Waals surface area (Å²) < 4.78 is 16.7. The molecule has 0 radical (unpaired) electrons. The van der Waals surface area contributed by atoms with E-state index in [-0.39, 0.29) is 31.1 Å². The Kier molecular flexibility index (Phi) is 44.2. The first-order chi connectivity index (χ1) is 27.9. The molecule has 0 spiro atoms. The second-order valence-corrected chi connectivity index (χ2v) is 17.9. The number of carbonyl (C=O) groups excluding carboxylic acids is 3. The Balaban J connectivity index is 4.19. The first-order valence-electron chi connectivity index (χ1n) is 25.4. The van der Waals surface area contributed by atoms with Crippen LogP contribution in [-0.2, 0) is 28.6 Å². The molecule has 0 unspecified atom stereocenters. The molecule has 0 saturated heterocycles. The molecule has 0 rings (SSSR count). The second-order valence-electron chi connectivity index (χ2n) is 17.9. The van der Waals surface area contributed by atoms with Gasteiger partial charge in [-0.25, -0.2) is 0 Å². The van der Waals surface area contributed by atoms with Crippen LogP contribution in [0.3, 0.4) is 0 Å². The summed E-state index contributed by atoms with van der Waals surface area (Å²) in [6, 6.07) is 0. The van der Waals surface area contributed by atoms with Crippen LogP contribution in [-0.4, -0.2) is 37.2 Å². The van der Waals surface area contributed by atoms with Gasteiger partial charge in [-0.15, -0.1) is 0 Å². The molecule has 0 aromatic heterocycles. The van der Waals surface area contributed by atoms with Crippen LogP contribution in [0.5, 0.6) is 0 Å². The number of rotatable bonds is 46. The van der Waals surface area contributed by atoms with Crippen molar-refractivity contribution in [3.63, 3.8) is 0 Å². The number of carbonyl (C=O) groups is 3. The van der Waals surface area contributed by atoms with E-state index in [0.717, 1.165) is 63.7 Å². The lowest BCUT2D eigenvalue weighted by atomic mass is 10.0. The minimum Gasteiger partial charge on any atom is -0.462 e. The van der Waals surface area contributed by atoms with E-state index in [4.69, 9.17) is 14.2 Å². The van der Waals surface area contributed by atoms with Crippen molar-refractivity contribution in [3.8, 4) is 0 Å². The van der Waals surface area contributed by atoms with E-state index in [1.54, 1.807) is 0 Å². The molecule has 0 fully saturated rings. The predicted molar refractivity (Wildman–Crippen MR) is 243 cm³/mol. The maximum Gasteiger partial charge on any atom is 0.306 e. The first-order valence-corrected chi connectivity index (χ1v) is 25.4. The van der Waals surface area contributed by atoms with Crippen LogP contribution >= 0.6 is 0 Å². The molecule has 338 valence electrons. The summed E-state index contributed by atoms with van der Waals surface area (Å²) in [5.41, 5.74) is 0. The van der Waals surface area contributed by atoms with Crippen molar-refractivity contribution in [2.24, 2.45) is 5.92 Å². The molecule has 0 aromatic rings. The van der Waals surface area contributed by atoms with Crippen LogP contribution in [0, 0.1) is 5.92 Å². The summed E-state index contributed by atoms with van der Waals surface area (Å²) in [5.74, 6) is -0.0945. The smallest absolute Gasteiger partial charge is 0.306 e. The molecule has 6 nitrogen and oxygen atoms in total. The highest BCUT2D eigenvalue weighted by atomic mass is 16.6. The highest BCUT2D eigenvalue weighted by Crippen LogP contribution is 2.17. The molecule has 1 atom stereocenters. The normalized spacial score (nSPS) is 11.9. The quantitative estimate of drug-likeness (QED) is 0.0346. The molecule has 0 bridgehead atoms. The van der Waals surface area contributed by atoms with Gasteiger partial charge in [0.05, 0.1) is 0 Å². The average Bonchev–Trinajstić information content (AvgIpc) is 3.19. The molecular formula is C51H98O6. The number of unbranched alkanes of at least 4 members (excludes halogenated alkanes) is 33. The summed E-state index contributed by atoms with van der Waals surface area (Å²) in [5, 5.41) is 0. The van der Waals surface area contributed by atoms with Crippen LogP contribution in [0.15, 0.2) is 0 Å². The maximum absolute atomic E-state index is 12.7. The van der Waals surface area contributed by atoms with Gasteiger partial charge >= 0.3 is 17.9 Å². The monoisotopic (exact) mass is 807 g/mol. The van der Waals surface area contributed by atoms with Crippen molar-refractivity contribution in [2.75, 3.05) is 13.2 Å². The van der Waals surface area contributed by atoms with E-state index in [9.17, 15) is 14.4 Å². The Morgan fingerprint density at radius 2 is 0.579 bits per heavy atom. The minimum atomic E-state index is -0.760. The number of ether oxygens (including phenoxy) is 3. The molecule has 0 amide bonds. The molecule has 57 heavy (non-hydrogen) atoms. The molecule has 0 N–H and O–H groups in total. The fourth-order valence-electron chi connectivity index (χ4n) is 7.69. The van der Waals surface area contributed by atoms with E-state index in [2.05, 4.69) is 27.7 Å². The summed E-state index contributed by atoms with van der Waals surface area (Å²) >= 11 is 0. The van der Waals surface area contributed by atoms with Gasteiger partial charge in [-0.05, 0) is 25.2 Å². The highest BCUT2D eigenvalue weighted by molar-refractivity contribution is 5.71. The van der Waals surface area contributed by atoms with Gasteiger partial charge < -0.3 is 14.2 Å². The van der Waals surface area contributed by atoms with Gasteiger partial charge in [0.1, 0.15) is 13.2 Å². The third kappa shape index (κ3) is 45.3. The Bertz CT molecular complexity index is 857. The van der Waals surface area contributed by atoms with Crippen molar-refractivity contribution in [2.45, 2.75) is 291 Å². The summed E-state index contributed by atoms with van der Waals surface area (Å²) in [6.45, 7) is 8.94. The standard InChI is InChI=1S/C51H98O6/c1-5-7-9-11-13-15-17-18-19-20-21-22-23-24-26-28-30-35-39-43-50(53)56-46-48(57-51(54)44-40-36-32-31-33-37-41-47(3)4)45-55-49(52)42-38-34-29-27-25-16-14-12-10-8-6-2/h47-48H,5-46H2,1-4H3/t48-/m1/s1. The summed E-state index contributed by atoms with van der Waals surface area (Å²) in [7, 11) is 0. The fourth-order valence-corrected chi connectivity index (χ4v) is 7.69. The van der Waals surface area contributed by atoms with Crippen LogP contribution in [0.1, 0.15) is 285 Å². The zero-order valence-electron chi connectivity index (χ0n) is 38.8. The fraction of sp³-hybridized carbons (Fsp3) is 0.941. The van der Waals surface area contributed by atoms with Gasteiger partial charge in [0.2, 0.25) is 0 Å². The molecule has 0 aliphatic heterocycles. The third-order valence-corrected chi connectivity index (χ3v) is 11.5. The number of hydrogen-bond donors (Lipinski definition) is 0. The molecular weight excluding hydrogens is 709 g/mol. The number of esters is 3. The lowest BCUT2D eigenvalue weighted by molar-refractivity contribution is -0.167. The van der Waals surface area contributed by atoms with Gasteiger partial charge in [0, 0.05) is 19.3 Å². The van der Waals surface area contributed by atoms with Crippen molar-refractivity contribution in [1.82, 2.24) is 0 Å². The average molecular weight is 807 g/mol. The van der Waals surface area contributed by atoms with E-state index in [1.807, 2.05) is 0 Å². The van der Waals surface area contributed by atoms with Crippen LogP contribution in [0.4, 0.5) is 0 Å².